The first-order valence-electron chi connectivity index (χ1n) is 7.98. The Morgan fingerprint density at radius 3 is 2.91 bits per heavy atom. The van der Waals surface area contributed by atoms with Crippen LogP contribution >= 0.6 is 0 Å². The second kappa shape index (κ2) is 7.54. The summed E-state index contributed by atoms with van der Waals surface area (Å²) in [7, 11) is 0. The highest BCUT2D eigenvalue weighted by atomic mass is 16.5. The van der Waals surface area contributed by atoms with Gasteiger partial charge in [0.1, 0.15) is 6.07 Å². The molecule has 0 amide bonds. The average Bonchev–Trinajstić information content (AvgIpc) is 3.02. The summed E-state index contributed by atoms with van der Waals surface area (Å²) in [5.74, 6) is 0. The summed E-state index contributed by atoms with van der Waals surface area (Å²) in [6.45, 7) is 8.23. The fourth-order valence-corrected chi connectivity index (χ4v) is 3.09. The van der Waals surface area contributed by atoms with E-state index in [1.165, 1.54) is 0 Å². The molecule has 1 aromatic heterocycles. The van der Waals surface area contributed by atoms with Crippen molar-refractivity contribution < 1.29 is 4.74 Å². The highest BCUT2D eigenvalue weighted by molar-refractivity contribution is 5.56. The van der Waals surface area contributed by atoms with Gasteiger partial charge in [0.2, 0.25) is 0 Å². The number of nitrogens with one attached hydrogen (secondary N) is 1. The van der Waals surface area contributed by atoms with E-state index in [-0.39, 0.29) is 0 Å². The SMILES string of the molecule is N#Cc1cnccc1N[C@H]1CCN(CCN2CCOCC2)C1. The van der Waals surface area contributed by atoms with Gasteiger partial charge in [0.15, 0.2) is 0 Å². The summed E-state index contributed by atoms with van der Waals surface area (Å²) >= 11 is 0. The van der Waals surface area contributed by atoms with Crippen molar-refractivity contribution in [1.29, 1.82) is 5.26 Å². The van der Waals surface area contributed by atoms with Crippen molar-refractivity contribution in [3.05, 3.63) is 24.0 Å². The van der Waals surface area contributed by atoms with Gasteiger partial charge in [-0.15, -0.1) is 0 Å². The predicted molar refractivity (Wildman–Crippen MR) is 84.7 cm³/mol. The van der Waals surface area contributed by atoms with Crippen LogP contribution in [0.4, 0.5) is 5.69 Å². The smallest absolute Gasteiger partial charge is 0.103 e. The molecule has 1 atom stereocenters. The monoisotopic (exact) mass is 301 g/mol. The van der Waals surface area contributed by atoms with E-state index in [0.717, 1.165) is 64.6 Å². The van der Waals surface area contributed by atoms with Crippen LogP contribution in [0, 0.1) is 11.3 Å². The van der Waals surface area contributed by atoms with Crippen molar-refractivity contribution in [2.45, 2.75) is 12.5 Å². The normalized spacial score (nSPS) is 23.3. The van der Waals surface area contributed by atoms with Crippen molar-refractivity contribution in [1.82, 2.24) is 14.8 Å². The van der Waals surface area contributed by atoms with Crippen LogP contribution in [0.3, 0.4) is 0 Å². The molecule has 2 aliphatic heterocycles. The van der Waals surface area contributed by atoms with E-state index in [1.54, 1.807) is 12.4 Å². The zero-order valence-corrected chi connectivity index (χ0v) is 12.9. The molecule has 22 heavy (non-hydrogen) atoms. The first-order chi connectivity index (χ1) is 10.8. The summed E-state index contributed by atoms with van der Waals surface area (Å²) < 4.78 is 5.38. The lowest BCUT2D eigenvalue weighted by Crippen LogP contribution is -2.41. The standard InChI is InChI=1S/C16H23N5O/c17-11-14-12-18-3-1-16(14)19-15-2-4-21(13-15)6-5-20-7-9-22-10-8-20/h1,3,12,15H,2,4-10,13H2,(H,18,19)/t15-/m0/s1. The molecule has 0 saturated carbocycles. The molecule has 6 nitrogen and oxygen atoms in total. The van der Waals surface area contributed by atoms with Gasteiger partial charge in [-0.25, -0.2) is 0 Å². The van der Waals surface area contributed by atoms with Gasteiger partial charge in [-0.05, 0) is 12.5 Å². The molecule has 2 saturated heterocycles. The van der Waals surface area contributed by atoms with Crippen LogP contribution in [0.15, 0.2) is 18.5 Å². The maximum Gasteiger partial charge on any atom is 0.103 e. The fraction of sp³-hybridized carbons (Fsp3) is 0.625. The maximum absolute atomic E-state index is 9.12. The van der Waals surface area contributed by atoms with Crippen LogP contribution in [0.25, 0.3) is 0 Å². The molecule has 0 spiro atoms. The summed E-state index contributed by atoms with van der Waals surface area (Å²) in [4.78, 5) is 8.97. The van der Waals surface area contributed by atoms with E-state index >= 15 is 0 Å². The van der Waals surface area contributed by atoms with Crippen LogP contribution in [0.1, 0.15) is 12.0 Å². The third-order valence-corrected chi connectivity index (χ3v) is 4.41. The Morgan fingerprint density at radius 1 is 1.27 bits per heavy atom. The second-order valence-electron chi connectivity index (χ2n) is 5.92. The topological polar surface area (TPSA) is 64.4 Å². The Labute approximate surface area is 131 Å². The van der Waals surface area contributed by atoms with E-state index in [1.807, 2.05) is 6.07 Å². The Morgan fingerprint density at radius 2 is 2.09 bits per heavy atom. The van der Waals surface area contributed by atoms with E-state index in [4.69, 9.17) is 10.00 Å². The number of morpholine rings is 1. The number of nitrogens with zero attached hydrogens (tertiary/aromatic N) is 4. The van der Waals surface area contributed by atoms with Gasteiger partial charge in [0.25, 0.3) is 0 Å². The number of aromatic nitrogens is 1. The Bertz CT molecular complexity index is 524. The van der Waals surface area contributed by atoms with E-state index in [9.17, 15) is 0 Å². The molecular formula is C16H23N5O. The fourth-order valence-electron chi connectivity index (χ4n) is 3.09. The Kier molecular flexibility index (Phi) is 5.22. The Hall–Kier alpha value is -1.68. The van der Waals surface area contributed by atoms with Gasteiger partial charge in [-0.2, -0.15) is 5.26 Å². The Balaban J connectivity index is 1.45. The number of rotatable bonds is 5. The number of nitriles is 1. The summed E-state index contributed by atoms with van der Waals surface area (Å²) in [6.07, 6.45) is 4.47. The number of anilines is 1. The van der Waals surface area contributed by atoms with Crippen molar-refractivity contribution >= 4 is 5.69 Å². The first kappa shape index (κ1) is 15.2. The molecule has 0 aromatic carbocycles. The second-order valence-corrected chi connectivity index (χ2v) is 5.92. The molecule has 118 valence electrons. The van der Waals surface area contributed by atoms with Gasteiger partial charge in [-0.1, -0.05) is 0 Å². The summed E-state index contributed by atoms with van der Waals surface area (Å²) in [6, 6.07) is 4.49. The number of hydrogen-bond acceptors (Lipinski definition) is 6. The van der Waals surface area contributed by atoms with Crippen LogP contribution in [0.2, 0.25) is 0 Å². The molecule has 0 radical (unpaired) electrons. The van der Waals surface area contributed by atoms with E-state index in [2.05, 4.69) is 26.2 Å². The third kappa shape index (κ3) is 3.95. The average molecular weight is 301 g/mol. The van der Waals surface area contributed by atoms with Crippen molar-refractivity contribution in [3.63, 3.8) is 0 Å². The third-order valence-electron chi connectivity index (χ3n) is 4.41. The first-order valence-corrected chi connectivity index (χ1v) is 7.98. The van der Waals surface area contributed by atoms with Crippen LogP contribution < -0.4 is 5.32 Å². The van der Waals surface area contributed by atoms with Crippen LogP contribution in [0.5, 0.6) is 0 Å². The molecule has 6 heteroatoms. The van der Waals surface area contributed by atoms with Crippen LogP contribution in [-0.4, -0.2) is 73.3 Å². The molecule has 1 N–H and O–H groups in total. The number of pyridine rings is 1. The molecule has 0 bridgehead atoms. The summed E-state index contributed by atoms with van der Waals surface area (Å²) in [5, 5.41) is 12.6. The minimum absolute atomic E-state index is 0.416. The molecule has 2 fully saturated rings. The number of ether oxygens (including phenoxy) is 1. The molecule has 0 aliphatic carbocycles. The quantitative estimate of drug-likeness (QED) is 0.867. The zero-order chi connectivity index (χ0) is 15.2. The van der Waals surface area contributed by atoms with Gasteiger partial charge in [-0.3, -0.25) is 14.8 Å². The van der Waals surface area contributed by atoms with Crippen LogP contribution in [-0.2, 0) is 4.74 Å². The zero-order valence-electron chi connectivity index (χ0n) is 12.9. The lowest BCUT2D eigenvalue weighted by Gasteiger charge is -2.28. The van der Waals surface area contributed by atoms with Crippen molar-refractivity contribution in [2.75, 3.05) is 57.8 Å². The van der Waals surface area contributed by atoms with E-state index in [0.29, 0.717) is 11.6 Å². The number of likely N-dealkylation sites (tertiary alicyclic amines) is 1. The minimum atomic E-state index is 0.416. The maximum atomic E-state index is 9.12. The molecular weight excluding hydrogens is 278 g/mol. The van der Waals surface area contributed by atoms with Crippen molar-refractivity contribution in [2.24, 2.45) is 0 Å². The van der Waals surface area contributed by atoms with Gasteiger partial charge < -0.3 is 10.1 Å². The molecule has 2 aliphatic rings. The molecule has 1 aromatic rings. The predicted octanol–water partition coefficient (Wildman–Crippen LogP) is 0.772. The molecule has 0 unspecified atom stereocenters. The van der Waals surface area contributed by atoms with Gasteiger partial charge in [0, 0.05) is 57.7 Å². The largest absolute Gasteiger partial charge is 0.380 e. The van der Waals surface area contributed by atoms with Gasteiger partial charge >= 0.3 is 0 Å². The van der Waals surface area contributed by atoms with E-state index < -0.39 is 0 Å². The van der Waals surface area contributed by atoms with Gasteiger partial charge in [0.05, 0.1) is 24.5 Å². The lowest BCUT2D eigenvalue weighted by atomic mass is 10.2. The minimum Gasteiger partial charge on any atom is -0.380 e. The lowest BCUT2D eigenvalue weighted by molar-refractivity contribution is 0.0344. The number of hydrogen-bond donors (Lipinski definition) is 1. The molecule has 3 rings (SSSR count). The highest BCUT2D eigenvalue weighted by Gasteiger charge is 2.23. The van der Waals surface area contributed by atoms with Crippen molar-refractivity contribution in [3.8, 4) is 6.07 Å². The molecule has 3 heterocycles. The summed E-state index contributed by atoms with van der Waals surface area (Å²) in [5.41, 5.74) is 1.52. The highest BCUT2D eigenvalue weighted by Crippen LogP contribution is 2.18.